The fraction of sp³-hybridized carbons (Fsp3) is 0.611. The van der Waals surface area contributed by atoms with E-state index in [-0.39, 0.29) is 37.2 Å². The van der Waals surface area contributed by atoms with Crippen LogP contribution < -0.4 is 5.32 Å². The van der Waals surface area contributed by atoms with E-state index in [1.165, 1.54) is 11.1 Å². The molecule has 0 saturated heterocycles. The average molecular weight is 644 g/mol. The van der Waals surface area contributed by atoms with E-state index in [4.69, 9.17) is 33.2 Å². The maximum atomic E-state index is 12.3. The van der Waals surface area contributed by atoms with Crippen LogP contribution in [-0.2, 0) is 42.7 Å². The Kier molecular flexibility index (Phi) is 17.9. The van der Waals surface area contributed by atoms with Crippen molar-refractivity contribution in [1.29, 1.82) is 0 Å². The standard InChI is InChI=1S/C36H53NO9/c1-36(2,3)14-16-40-18-20-42-22-24-44-26-27-45-25-23-43-21-19-41-17-15-37-34(38)12-13-35(39)46-28-33-31-10-6-4-8-29(31)30-9-5-7-11-32(30)33/h4-11,33H,12-28H2,1-3H3,(H,37,38). The van der Waals surface area contributed by atoms with Crippen LogP contribution in [0.3, 0.4) is 0 Å². The molecule has 2 aromatic carbocycles. The van der Waals surface area contributed by atoms with Crippen LogP contribution >= 0.6 is 0 Å². The lowest BCUT2D eigenvalue weighted by Crippen LogP contribution is -2.28. The molecule has 0 aromatic heterocycles. The van der Waals surface area contributed by atoms with Gasteiger partial charge in [0.1, 0.15) is 6.61 Å². The van der Waals surface area contributed by atoms with E-state index in [0.29, 0.717) is 84.6 Å². The number of rotatable bonds is 25. The monoisotopic (exact) mass is 643 g/mol. The first kappa shape index (κ1) is 37.6. The highest BCUT2D eigenvalue weighted by molar-refractivity contribution is 5.82. The molecule has 0 bridgehead atoms. The second kappa shape index (κ2) is 21.8. The Morgan fingerprint density at radius 3 is 1.52 bits per heavy atom. The van der Waals surface area contributed by atoms with Gasteiger partial charge in [-0.25, -0.2) is 0 Å². The molecule has 3 rings (SSSR count). The van der Waals surface area contributed by atoms with Gasteiger partial charge in [-0.1, -0.05) is 69.3 Å². The Labute approximate surface area is 274 Å². The molecule has 2 aromatic rings. The fourth-order valence-electron chi connectivity index (χ4n) is 4.83. The van der Waals surface area contributed by atoms with Gasteiger partial charge in [0.25, 0.3) is 0 Å². The molecular weight excluding hydrogens is 590 g/mol. The maximum absolute atomic E-state index is 12.3. The molecule has 0 fully saturated rings. The lowest BCUT2D eigenvalue weighted by atomic mass is 9.93. The number of carbonyl (C=O) groups excluding carboxylic acids is 2. The summed E-state index contributed by atoms with van der Waals surface area (Å²) in [6.07, 6.45) is 1.15. The van der Waals surface area contributed by atoms with Crippen molar-refractivity contribution >= 4 is 11.9 Å². The van der Waals surface area contributed by atoms with Gasteiger partial charge in [-0.15, -0.1) is 0 Å². The summed E-state index contributed by atoms with van der Waals surface area (Å²) < 4.78 is 38.5. The molecule has 0 saturated carbocycles. The van der Waals surface area contributed by atoms with Crippen LogP contribution in [0.15, 0.2) is 48.5 Å². The predicted octanol–water partition coefficient (Wildman–Crippen LogP) is 4.77. The van der Waals surface area contributed by atoms with E-state index < -0.39 is 0 Å². The molecule has 1 amide bonds. The van der Waals surface area contributed by atoms with Crippen LogP contribution in [0, 0.1) is 5.41 Å². The summed E-state index contributed by atoms with van der Waals surface area (Å²) in [6, 6.07) is 16.4. The molecule has 256 valence electrons. The number of amides is 1. The zero-order valence-corrected chi connectivity index (χ0v) is 27.9. The number of hydrogen-bond acceptors (Lipinski definition) is 9. The Hall–Kier alpha value is -2.86. The molecule has 0 spiro atoms. The highest BCUT2D eigenvalue weighted by Gasteiger charge is 2.29. The van der Waals surface area contributed by atoms with Gasteiger partial charge < -0.3 is 38.5 Å². The topological polar surface area (TPSA) is 111 Å². The Morgan fingerprint density at radius 1 is 0.609 bits per heavy atom. The molecule has 0 unspecified atom stereocenters. The SMILES string of the molecule is CC(C)(C)CCOCCOCCOCCOCCOCCOCCNC(=O)CCC(=O)OCC1c2ccccc2-c2ccccc21. The summed E-state index contributed by atoms with van der Waals surface area (Å²) in [5.74, 6) is -0.580. The Morgan fingerprint density at radius 2 is 1.04 bits per heavy atom. The molecule has 1 aliphatic carbocycles. The van der Waals surface area contributed by atoms with E-state index in [1.54, 1.807) is 0 Å². The summed E-state index contributed by atoms with van der Waals surface area (Å²) in [5, 5.41) is 2.76. The van der Waals surface area contributed by atoms with Crippen molar-refractivity contribution in [3.63, 3.8) is 0 Å². The minimum atomic E-state index is -0.379. The van der Waals surface area contributed by atoms with Gasteiger partial charge >= 0.3 is 5.97 Å². The number of nitrogens with one attached hydrogen (secondary N) is 1. The number of fused-ring (bicyclic) bond motifs is 3. The summed E-state index contributed by atoms with van der Waals surface area (Å²) in [6.45, 7) is 13.4. The third-order valence-electron chi connectivity index (χ3n) is 7.35. The number of ether oxygens (including phenoxy) is 7. The van der Waals surface area contributed by atoms with Crippen molar-refractivity contribution in [2.45, 2.75) is 46.0 Å². The zero-order chi connectivity index (χ0) is 32.9. The van der Waals surface area contributed by atoms with Gasteiger partial charge in [0, 0.05) is 25.5 Å². The molecule has 1 N–H and O–H groups in total. The van der Waals surface area contributed by atoms with Gasteiger partial charge in [-0.05, 0) is 34.1 Å². The molecule has 46 heavy (non-hydrogen) atoms. The summed E-state index contributed by atoms with van der Waals surface area (Å²) in [5.41, 5.74) is 4.98. The minimum absolute atomic E-state index is 0.00841. The minimum Gasteiger partial charge on any atom is -0.465 e. The van der Waals surface area contributed by atoms with Crippen LogP contribution in [0.1, 0.15) is 57.1 Å². The van der Waals surface area contributed by atoms with Crippen molar-refractivity contribution in [2.24, 2.45) is 5.41 Å². The smallest absolute Gasteiger partial charge is 0.306 e. The van der Waals surface area contributed by atoms with Gasteiger partial charge in [-0.3, -0.25) is 9.59 Å². The highest BCUT2D eigenvalue weighted by Crippen LogP contribution is 2.44. The van der Waals surface area contributed by atoms with Gasteiger partial charge in [-0.2, -0.15) is 0 Å². The van der Waals surface area contributed by atoms with Gasteiger partial charge in [0.05, 0.1) is 79.1 Å². The normalized spacial score (nSPS) is 12.6. The number of benzene rings is 2. The summed E-state index contributed by atoms with van der Waals surface area (Å²) >= 11 is 0. The van der Waals surface area contributed by atoms with Crippen molar-refractivity contribution in [1.82, 2.24) is 5.32 Å². The maximum Gasteiger partial charge on any atom is 0.306 e. The van der Waals surface area contributed by atoms with E-state index in [0.717, 1.165) is 24.2 Å². The van der Waals surface area contributed by atoms with E-state index in [2.05, 4.69) is 50.4 Å². The van der Waals surface area contributed by atoms with Crippen LogP contribution in [0.5, 0.6) is 0 Å². The number of carbonyl (C=O) groups is 2. The van der Waals surface area contributed by atoms with Crippen LogP contribution in [0.2, 0.25) is 0 Å². The molecule has 0 atom stereocenters. The first-order chi connectivity index (χ1) is 22.3. The molecular formula is C36H53NO9. The summed E-state index contributed by atoms with van der Waals surface area (Å²) in [7, 11) is 0. The Bertz CT molecular complexity index is 1100. The van der Waals surface area contributed by atoms with E-state index >= 15 is 0 Å². The van der Waals surface area contributed by atoms with Crippen LogP contribution in [0.4, 0.5) is 0 Å². The van der Waals surface area contributed by atoms with Crippen LogP contribution in [0.25, 0.3) is 11.1 Å². The molecule has 0 radical (unpaired) electrons. The van der Waals surface area contributed by atoms with Crippen molar-refractivity contribution in [3.8, 4) is 11.1 Å². The second-order valence-corrected chi connectivity index (χ2v) is 12.2. The zero-order valence-electron chi connectivity index (χ0n) is 27.9. The number of hydrogen-bond donors (Lipinski definition) is 1. The quantitative estimate of drug-likeness (QED) is 0.121. The fourth-order valence-corrected chi connectivity index (χ4v) is 4.83. The van der Waals surface area contributed by atoms with Crippen molar-refractivity contribution in [2.75, 3.05) is 92.4 Å². The molecule has 10 nitrogen and oxygen atoms in total. The van der Waals surface area contributed by atoms with Gasteiger partial charge in [0.15, 0.2) is 0 Å². The van der Waals surface area contributed by atoms with Gasteiger partial charge in [0.2, 0.25) is 5.91 Å². The molecule has 0 heterocycles. The third-order valence-corrected chi connectivity index (χ3v) is 7.35. The largest absolute Gasteiger partial charge is 0.465 e. The van der Waals surface area contributed by atoms with E-state index in [9.17, 15) is 9.59 Å². The third kappa shape index (κ3) is 15.2. The lowest BCUT2D eigenvalue weighted by Gasteiger charge is -2.17. The molecule has 1 aliphatic rings. The predicted molar refractivity (Wildman–Crippen MR) is 176 cm³/mol. The Balaban J connectivity index is 1.05. The van der Waals surface area contributed by atoms with Crippen molar-refractivity contribution < 1.29 is 42.7 Å². The van der Waals surface area contributed by atoms with E-state index in [1.807, 2.05) is 24.3 Å². The average Bonchev–Trinajstić information content (AvgIpc) is 3.36. The highest BCUT2D eigenvalue weighted by atomic mass is 16.6. The first-order valence-corrected chi connectivity index (χ1v) is 16.4. The van der Waals surface area contributed by atoms with Crippen molar-refractivity contribution in [3.05, 3.63) is 59.7 Å². The lowest BCUT2D eigenvalue weighted by molar-refractivity contribution is -0.145. The first-order valence-electron chi connectivity index (χ1n) is 16.4. The number of esters is 1. The molecule has 0 aliphatic heterocycles. The second-order valence-electron chi connectivity index (χ2n) is 12.2. The summed E-state index contributed by atoms with van der Waals surface area (Å²) in [4.78, 5) is 24.5. The van der Waals surface area contributed by atoms with Crippen LogP contribution in [-0.4, -0.2) is 104 Å². The molecule has 10 heteroatoms.